The fourth-order valence-corrected chi connectivity index (χ4v) is 5.33. The van der Waals surface area contributed by atoms with Crippen molar-refractivity contribution in [2.75, 3.05) is 18.8 Å². The van der Waals surface area contributed by atoms with Crippen LogP contribution in [-0.4, -0.2) is 27.5 Å². The molecule has 3 aromatic rings. The molecule has 0 radical (unpaired) electrons. The number of fused-ring (bicyclic) bond motifs is 1. The zero-order chi connectivity index (χ0) is 19.1. The van der Waals surface area contributed by atoms with Crippen molar-refractivity contribution in [2.45, 2.75) is 30.4 Å². The van der Waals surface area contributed by atoms with Crippen molar-refractivity contribution in [3.63, 3.8) is 0 Å². The van der Waals surface area contributed by atoms with Gasteiger partial charge in [0.25, 0.3) is 0 Å². The quantitative estimate of drug-likeness (QED) is 0.656. The van der Waals surface area contributed by atoms with Crippen LogP contribution in [0.2, 0.25) is 5.02 Å². The first-order valence-corrected chi connectivity index (χ1v) is 11.0. The molecule has 2 aromatic heterocycles. The summed E-state index contributed by atoms with van der Waals surface area (Å²) < 4.78 is 2.16. The summed E-state index contributed by atoms with van der Waals surface area (Å²) in [5.41, 5.74) is 11.7. The number of halogens is 1. The van der Waals surface area contributed by atoms with Gasteiger partial charge in [0, 0.05) is 23.7 Å². The number of nitrogens with one attached hydrogen (secondary N) is 1. The lowest BCUT2D eigenvalue weighted by atomic mass is 9.97. The van der Waals surface area contributed by atoms with Crippen molar-refractivity contribution in [1.29, 1.82) is 0 Å². The van der Waals surface area contributed by atoms with Gasteiger partial charge in [-0.25, -0.2) is 9.97 Å². The third kappa shape index (κ3) is 3.30. The van der Waals surface area contributed by atoms with Crippen LogP contribution in [0.1, 0.15) is 47.4 Å². The van der Waals surface area contributed by atoms with Gasteiger partial charge in [-0.1, -0.05) is 23.7 Å². The van der Waals surface area contributed by atoms with Gasteiger partial charge in [0.2, 0.25) is 0 Å². The highest BCUT2D eigenvalue weighted by Gasteiger charge is 2.26. The van der Waals surface area contributed by atoms with Crippen LogP contribution in [0, 0.1) is 0 Å². The van der Waals surface area contributed by atoms with Gasteiger partial charge in [0.05, 0.1) is 22.8 Å². The molecule has 1 aromatic carbocycles. The van der Waals surface area contributed by atoms with Gasteiger partial charge in [0.1, 0.15) is 0 Å². The molecule has 0 amide bonds. The van der Waals surface area contributed by atoms with Gasteiger partial charge in [-0.05, 0) is 54.5 Å². The Kier molecular flexibility index (Phi) is 4.78. The molecule has 5 rings (SSSR count). The molecular weight excluding hydrogens is 390 g/mol. The molecule has 4 heterocycles. The van der Waals surface area contributed by atoms with Crippen molar-refractivity contribution in [3.8, 4) is 0 Å². The predicted octanol–water partition coefficient (Wildman–Crippen LogP) is 4.65. The maximum atomic E-state index is 6.16. The summed E-state index contributed by atoms with van der Waals surface area (Å²) in [6, 6.07) is 8.05. The minimum Gasteiger partial charge on any atom is -0.381 e. The van der Waals surface area contributed by atoms with E-state index in [4.69, 9.17) is 22.3 Å². The normalized spacial score (nSPS) is 22.5. The first-order valence-electron chi connectivity index (χ1n) is 9.63. The Morgan fingerprint density at radius 3 is 2.89 bits per heavy atom. The van der Waals surface area contributed by atoms with Gasteiger partial charge >= 0.3 is 0 Å². The van der Waals surface area contributed by atoms with Crippen molar-refractivity contribution in [1.82, 2.24) is 19.7 Å². The number of nitrogens with two attached hydrogens (primary N) is 1. The van der Waals surface area contributed by atoms with Crippen LogP contribution in [0.25, 0.3) is 11.2 Å². The Bertz CT molecular complexity index is 1040. The molecule has 0 saturated carbocycles. The van der Waals surface area contributed by atoms with Gasteiger partial charge in [0.15, 0.2) is 11.5 Å². The van der Waals surface area contributed by atoms with E-state index in [2.05, 4.69) is 38.4 Å². The highest BCUT2D eigenvalue weighted by Crippen LogP contribution is 2.46. The van der Waals surface area contributed by atoms with Gasteiger partial charge in [-0.15, -0.1) is 11.8 Å². The van der Waals surface area contributed by atoms with Crippen molar-refractivity contribution >= 4 is 40.4 Å². The largest absolute Gasteiger partial charge is 0.381 e. The molecule has 2 atom stereocenters. The molecule has 144 valence electrons. The summed E-state index contributed by atoms with van der Waals surface area (Å²) in [6.45, 7) is 2.07. The summed E-state index contributed by atoms with van der Waals surface area (Å²) in [5, 5.41) is 6.78. The minimum atomic E-state index is 0.299. The lowest BCUT2D eigenvalue weighted by Gasteiger charge is -2.20. The molecule has 1 saturated heterocycles. The summed E-state index contributed by atoms with van der Waals surface area (Å²) in [5.74, 6) is 0.938. The topological polar surface area (TPSA) is 68.2 Å². The number of aromatic nitrogens is 3. The number of nitrogen functional groups attached to an aromatic ring is 1. The monoisotopic (exact) mass is 411 g/mol. The SMILES string of the molecule is Nc1ncc(C2CC(c3ccc(Cl)cc3)=CS2)n2cc(C3CCCNC3)nc12. The van der Waals surface area contributed by atoms with Gasteiger partial charge in [-0.2, -0.15) is 0 Å². The Hall–Kier alpha value is -2.02. The summed E-state index contributed by atoms with van der Waals surface area (Å²) in [6.07, 6.45) is 7.38. The van der Waals surface area contributed by atoms with Crippen molar-refractivity contribution < 1.29 is 0 Å². The first kappa shape index (κ1) is 18.0. The number of allylic oxidation sites excluding steroid dienone is 1. The number of hydrogen-bond donors (Lipinski definition) is 2. The van der Waals surface area contributed by atoms with E-state index in [9.17, 15) is 0 Å². The number of rotatable bonds is 3. The number of thioether (sulfide) groups is 1. The van der Waals surface area contributed by atoms with E-state index in [1.807, 2.05) is 30.1 Å². The average Bonchev–Trinajstić information content (AvgIpc) is 3.38. The maximum absolute atomic E-state index is 6.16. The lowest BCUT2D eigenvalue weighted by molar-refractivity contribution is 0.456. The standard InChI is InChI=1S/C21H22ClN5S/c22-16-5-3-13(4-6-16)15-8-19(28-12-15)18-10-25-20(23)21-26-17(11-27(18)21)14-2-1-7-24-9-14/h3-6,10-12,14,19,24H,1-2,7-9H2,(H2,23,25). The van der Waals surface area contributed by atoms with Crippen LogP contribution in [0.5, 0.6) is 0 Å². The Morgan fingerprint density at radius 2 is 2.11 bits per heavy atom. The third-order valence-electron chi connectivity index (χ3n) is 5.61. The zero-order valence-corrected chi connectivity index (χ0v) is 17.0. The van der Waals surface area contributed by atoms with Crippen molar-refractivity contribution in [3.05, 3.63) is 64.0 Å². The number of piperidine rings is 1. The Morgan fingerprint density at radius 1 is 1.25 bits per heavy atom. The molecule has 2 aliphatic rings. The van der Waals surface area contributed by atoms with Crippen LogP contribution in [-0.2, 0) is 0 Å². The smallest absolute Gasteiger partial charge is 0.180 e. The highest BCUT2D eigenvalue weighted by atomic mass is 35.5. The fraction of sp³-hybridized carbons (Fsp3) is 0.333. The lowest BCUT2D eigenvalue weighted by Crippen LogP contribution is -2.28. The fourth-order valence-electron chi connectivity index (χ4n) is 4.06. The second-order valence-corrected chi connectivity index (χ2v) is 8.96. The minimum absolute atomic E-state index is 0.299. The molecule has 0 spiro atoms. The number of benzene rings is 1. The molecule has 2 aliphatic heterocycles. The summed E-state index contributed by atoms with van der Waals surface area (Å²) in [7, 11) is 0. The van der Waals surface area contributed by atoms with E-state index in [0.717, 1.165) is 41.6 Å². The van der Waals surface area contributed by atoms with E-state index in [1.54, 1.807) is 0 Å². The molecule has 1 fully saturated rings. The zero-order valence-electron chi connectivity index (χ0n) is 15.4. The molecule has 0 aliphatic carbocycles. The van der Waals surface area contributed by atoms with Crippen LogP contribution in [0.15, 0.2) is 42.1 Å². The van der Waals surface area contributed by atoms with Gasteiger partial charge < -0.3 is 11.1 Å². The number of imidazole rings is 1. The van der Waals surface area contributed by atoms with E-state index in [0.29, 0.717) is 17.0 Å². The third-order valence-corrected chi connectivity index (χ3v) is 7.02. The van der Waals surface area contributed by atoms with Crippen LogP contribution < -0.4 is 11.1 Å². The number of anilines is 1. The van der Waals surface area contributed by atoms with E-state index in [-0.39, 0.29) is 0 Å². The molecule has 28 heavy (non-hydrogen) atoms. The van der Waals surface area contributed by atoms with E-state index >= 15 is 0 Å². The van der Waals surface area contributed by atoms with Crippen LogP contribution in [0.4, 0.5) is 5.82 Å². The summed E-state index contributed by atoms with van der Waals surface area (Å²) >= 11 is 7.86. The molecule has 5 nitrogen and oxygen atoms in total. The molecule has 2 unspecified atom stereocenters. The molecule has 3 N–H and O–H groups in total. The predicted molar refractivity (Wildman–Crippen MR) is 117 cm³/mol. The first-order chi connectivity index (χ1) is 13.7. The second kappa shape index (κ2) is 7.43. The molecule has 7 heteroatoms. The van der Waals surface area contributed by atoms with Gasteiger partial charge in [-0.3, -0.25) is 4.40 Å². The highest BCUT2D eigenvalue weighted by molar-refractivity contribution is 8.02. The Balaban J connectivity index is 1.45. The Labute approximate surface area is 173 Å². The summed E-state index contributed by atoms with van der Waals surface area (Å²) in [4.78, 5) is 9.29. The molecular formula is C21H22ClN5S. The van der Waals surface area contributed by atoms with Crippen LogP contribution >= 0.6 is 23.4 Å². The average molecular weight is 412 g/mol. The van der Waals surface area contributed by atoms with Crippen molar-refractivity contribution in [2.24, 2.45) is 0 Å². The second-order valence-electron chi connectivity index (χ2n) is 7.45. The maximum Gasteiger partial charge on any atom is 0.180 e. The number of hydrogen-bond acceptors (Lipinski definition) is 5. The van der Waals surface area contributed by atoms with E-state index < -0.39 is 0 Å². The molecule has 0 bridgehead atoms. The van der Waals surface area contributed by atoms with Crippen LogP contribution in [0.3, 0.4) is 0 Å². The number of nitrogens with zero attached hydrogens (tertiary/aromatic N) is 3. The van der Waals surface area contributed by atoms with E-state index in [1.165, 1.54) is 24.0 Å².